The molecule has 5 N–H and O–H groups in total. The van der Waals surface area contributed by atoms with Gasteiger partial charge < -0.3 is 21.1 Å². The molecule has 1 saturated heterocycles. The topological polar surface area (TPSA) is 106 Å². The molecule has 8 nitrogen and oxygen atoms in total. The average Bonchev–Trinajstić information content (AvgIpc) is 3.57. The Labute approximate surface area is 281 Å². The predicted octanol–water partition coefficient (Wildman–Crippen LogP) is 7.72. The number of hydrazine groups is 1. The third kappa shape index (κ3) is 6.35. The van der Waals surface area contributed by atoms with E-state index in [2.05, 4.69) is 33.5 Å². The molecule has 4 aromatic carbocycles. The van der Waals surface area contributed by atoms with Crippen molar-refractivity contribution in [1.82, 2.24) is 10.4 Å². The Bertz CT molecular complexity index is 1930. The van der Waals surface area contributed by atoms with Gasteiger partial charge in [-0.2, -0.15) is 5.01 Å². The average molecular weight is 660 g/mol. The van der Waals surface area contributed by atoms with E-state index in [9.17, 15) is 14.7 Å². The Kier molecular flexibility index (Phi) is 8.71. The highest BCUT2D eigenvalue weighted by Gasteiger charge is 2.48. The summed E-state index contributed by atoms with van der Waals surface area (Å²) in [6.45, 7) is 1.87. The number of aromatic hydroxyl groups is 1. The number of para-hydroxylation sites is 3. The molecule has 0 aliphatic carbocycles. The van der Waals surface area contributed by atoms with Gasteiger partial charge in [0.2, 0.25) is 0 Å². The van der Waals surface area contributed by atoms with Gasteiger partial charge in [0.15, 0.2) is 0 Å². The van der Waals surface area contributed by atoms with Crippen molar-refractivity contribution < 1.29 is 14.7 Å². The van der Waals surface area contributed by atoms with Crippen molar-refractivity contribution in [3.05, 3.63) is 148 Å². The van der Waals surface area contributed by atoms with E-state index in [4.69, 9.17) is 0 Å². The zero-order chi connectivity index (χ0) is 32.3. The minimum absolute atomic E-state index is 0.151. The van der Waals surface area contributed by atoms with Gasteiger partial charge in [-0.3, -0.25) is 15.0 Å². The number of phenols is 1. The molecule has 10 heteroatoms. The fourth-order valence-electron chi connectivity index (χ4n) is 5.96. The number of hydrogen-bond acceptors (Lipinski definition) is 8. The molecule has 3 heterocycles. The van der Waals surface area contributed by atoms with Crippen molar-refractivity contribution in [2.45, 2.75) is 29.8 Å². The summed E-state index contributed by atoms with van der Waals surface area (Å²) in [6, 6.07) is 34.0. The van der Waals surface area contributed by atoms with Gasteiger partial charge in [-0.1, -0.05) is 91.0 Å². The molecule has 1 aromatic heterocycles. The molecule has 47 heavy (non-hydrogen) atoms. The van der Waals surface area contributed by atoms with Gasteiger partial charge >= 0.3 is 0 Å². The molecule has 4 atom stereocenters. The van der Waals surface area contributed by atoms with Crippen LogP contribution in [-0.4, -0.2) is 38.7 Å². The van der Waals surface area contributed by atoms with Crippen LogP contribution in [0.1, 0.15) is 43.4 Å². The summed E-state index contributed by atoms with van der Waals surface area (Å²) in [5, 5.41) is 25.2. The van der Waals surface area contributed by atoms with Crippen molar-refractivity contribution in [2.24, 2.45) is 0 Å². The van der Waals surface area contributed by atoms with E-state index in [-0.39, 0.29) is 40.4 Å². The maximum absolute atomic E-state index is 14.2. The monoisotopic (exact) mass is 659 g/mol. The molecule has 0 bridgehead atoms. The number of rotatable bonds is 7. The molecule has 2 aliphatic rings. The quantitative estimate of drug-likeness (QED) is 0.122. The van der Waals surface area contributed by atoms with Gasteiger partial charge in [-0.25, -0.2) is 0 Å². The van der Waals surface area contributed by atoms with Crippen molar-refractivity contribution in [1.29, 1.82) is 0 Å². The summed E-state index contributed by atoms with van der Waals surface area (Å²) < 4.78 is 0. The number of thiophene rings is 1. The number of hydrogen-bond donors (Lipinski definition) is 5. The second kappa shape index (κ2) is 13.4. The van der Waals surface area contributed by atoms with Crippen LogP contribution in [0.5, 0.6) is 5.75 Å². The van der Waals surface area contributed by atoms with Gasteiger partial charge in [0.25, 0.3) is 11.8 Å². The van der Waals surface area contributed by atoms with Crippen LogP contribution in [0.2, 0.25) is 0 Å². The zero-order valence-corrected chi connectivity index (χ0v) is 27.1. The molecule has 2 aliphatic heterocycles. The van der Waals surface area contributed by atoms with Gasteiger partial charge in [-0.15, -0.1) is 23.1 Å². The lowest BCUT2D eigenvalue weighted by Gasteiger charge is -2.31. The Balaban J connectivity index is 1.25. The van der Waals surface area contributed by atoms with E-state index in [0.717, 1.165) is 28.1 Å². The molecule has 0 radical (unpaired) electrons. The highest BCUT2D eigenvalue weighted by Crippen LogP contribution is 2.48. The summed E-state index contributed by atoms with van der Waals surface area (Å²) in [6.07, 6.45) is 3.76. The van der Waals surface area contributed by atoms with Gasteiger partial charge in [-0.05, 0) is 53.8 Å². The Morgan fingerprint density at radius 3 is 2.23 bits per heavy atom. The fourth-order valence-corrected chi connectivity index (χ4v) is 8.43. The van der Waals surface area contributed by atoms with Crippen LogP contribution in [0.4, 0.5) is 16.4 Å². The smallest absolute Gasteiger partial charge is 0.268 e. The van der Waals surface area contributed by atoms with Crippen molar-refractivity contribution >= 4 is 57.4 Å². The number of fused-ring (bicyclic) bond motifs is 2. The van der Waals surface area contributed by atoms with E-state index in [1.807, 2.05) is 108 Å². The third-order valence-electron chi connectivity index (χ3n) is 8.27. The van der Waals surface area contributed by atoms with Crippen LogP contribution in [-0.2, 0) is 0 Å². The van der Waals surface area contributed by atoms with Gasteiger partial charge in [0.1, 0.15) is 16.9 Å². The first kappa shape index (κ1) is 30.6. The first-order valence-electron chi connectivity index (χ1n) is 15.3. The van der Waals surface area contributed by atoms with E-state index >= 15 is 0 Å². The number of thioether (sulfide) groups is 1. The SMILES string of the molecule is Cc1csc(NC(=O)c2ccccc2)c1C(=O)NN1C(/C=C/c2ccccc2)SC2C(c3ccccc3O)Nc3ccccc3NC21. The van der Waals surface area contributed by atoms with Crippen molar-refractivity contribution in [3.63, 3.8) is 0 Å². The van der Waals surface area contributed by atoms with E-state index in [1.54, 1.807) is 30.0 Å². The van der Waals surface area contributed by atoms with E-state index in [0.29, 0.717) is 16.1 Å². The Morgan fingerprint density at radius 1 is 0.830 bits per heavy atom. The maximum Gasteiger partial charge on any atom is 0.268 e. The molecule has 5 aromatic rings. The molecular formula is C37H33N5O3S2. The van der Waals surface area contributed by atoms with Crippen LogP contribution in [0.25, 0.3) is 6.08 Å². The van der Waals surface area contributed by atoms with Crippen LogP contribution < -0.4 is 21.4 Å². The maximum atomic E-state index is 14.2. The largest absolute Gasteiger partial charge is 0.508 e. The van der Waals surface area contributed by atoms with Crippen molar-refractivity contribution in [2.75, 3.05) is 16.0 Å². The fraction of sp³-hybridized carbons (Fsp3) is 0.135. The molecule has 0 spiro atoms. The Morgan fingerprint density at radius 2 is 1.49 bits per heavy atom. The van der Waals surface area contributed by atoms with E-state index < -0.39 is 0 Å². The van der Waals surface area contributed by atoms with Crippen LogP contribution in [0, 0.1) is 6.92 Å². The van der Waals surface area contributed by atoms with Gasteiger partial charge in [0.05, 0.1) is 33.6 Å². The number of amides is 2. The third-order valence-corrected chi connectivity index (χ3v) is 10.8. The number of carbonyl (C=O) groups is 2. The predicted molar refractivity (Wildman–Crippen MR) is 192 cm³/mol. The Hall–Kier alpha value is -5.03. The summed E-state index contributed by atoms with van der Waals surface area (Å²) in [4.78, 5) is 27.3. The number of aryl methyl sites for hydroxylation is 1. The zero-order valence-electron chi connectivity index (χ0n) is 25.5. The highest BCUT2D eigenvalue weighted by atomic mass is 32.2. The normalized spacial score (nSPS) is 20.4. The molecule has 236 valence electrons. The standard InChI is InChI=1S/C37H33N5O3S2/c1-23-22-46-37(40-35(44)25-14-6-3-7-15-25)31(23)36(45)41-42-30(21-20-24-12-4-2-5-13-24)47-33-32(26-16-8-11-19-29(26)43)38-27-17-9-10-18-28(27)39-34(33)42/h2-22,30,32-34,38-39,43H,1H3,(H,40,44)(H,41,45)/b21-20+. The number of benzene rings is 4. The summed E-state index contributed by atoms with van der Waals surface area (Å²) in [5.74, 6) is -0.395. The minimum Gasteiger partial charge on any atom is -0.508 e. The van der Waals surface area contributed by atoms with E-state index in [1.165, 1.54) is 11.3 Å². The summed E-state index contributed by atoms with van der Waals surface area (Å²) in [7, 11) is 0. The van der Waals surface area contributed by atoms with Crippen LogP contribution in [0.3, 0.4) is 0 Å². The molecule has 4 unspecified atom stereocenters. The second-order valence-electron chi connectivity index (χ2n) is 11.4. The lowest BCUT2D eigenvalue weighted by atomic mass is 10.0. The lowest BCUT2D eigenvalue weighted by molar-refractivity contribution is 0.0742. The summed E-state index contributed by atoms with van der Waals surface area (Å²) in [5.41, 5.74) is 8.53. The molecule has 1 fully saturated rings. The number of nitrogens with zero attached hydrogens (tertiary/aromatic N) is 1. The van der Waals surface area contributed by atoms with Crippen molar-refractivity contribution in [3.8, 4) is 5.75 Å². The molecule has 2 amide bonds. The molecule has 0 saturated carbocycles. The lowest BCUT2D eigenvalue weighted by Crippen LogP contribution is -2.54. The summed E-state index contributed by atoms with van der Waals surface area (Å²) >= 11 is 3.02. The second-order valence-corrected chi connectivity index (χ2v) is 13.5. The van der Waals surface area contributed by atoms with Crippen LogP contribution in [0.15, 0.2) is 121 Å². The van der Waals surface area contributed by atoms with Gasteiger partial charge in [0, 0.05) is 11.1 Å². The highest BCUT2D eigenvalue weighted by molar-refractivity contribution is 8.01. The first-order chi connectivity index (χ1) is 23.0. The molecule has 7 rings (SSSR count). The number of nitrogens with one attached hydrogen (secondary N) is 4. The number of anilines is 3. The molecular weight excluding hydrogens is 627 g/mol. The first-order valence-corrected chi connectivity index (χ1v) is 17.1. The number of phenolic OH excluding ortho intramolecular Hbond substituents is 1. The minimum atomic E-state index is -0.378. The van der Waals surface area contributed by atoms with Crippen LogP contribution >= 0.6 is 23.1 Å². The number of carbonyl (C=O) groups excluding carboxylic acids is 2.